The van der Waals surface area contributed by atoms with Crippen LogP contribution in [0.4, 0.5) is 10.1 Å². The molecule has 2 heterocycles. The molecule has 226 valence electrons. The second-order valence-electron chi connectivity index (χ2n) is 13.0. The number of carbonyl (C=O) groups is 3. The zero-order chi connectivity index (χ0) is 30.4. The van der Waals surface area contributed by atoms with Crippen LogP contribution >= 0.6 is 23.2 Å². The van der Waals surface area contributed by atoms with E-state index >= 15 is 4.39 Å². The van der Waals surface area contributed by atoms with Gasteiger partial charge in [-0.1, -0.05) is 62.2 Å². The van der Waals surface area contributed by atoms with Crippen molar-refractivity contribution in [3.8, 4) is 0 Å². The molecule has 1 aliphatic carbocycles. The first kappa shape index (κ1) is 30.8. The quantitative estimate of drug-likeness (QED) is 0.335. The molecule has 1 saturated heterocycles. The number of carbonyl (C=O) groups excluding carboxylic acids is 3. The largest absolute Gasteiger partial charge is 0.356 e. The molecule has 0 aromatic heterocycles. The molecule has 1 spiro atoms. The molecule has 0 bridgehead atoms. The normalized spacial score (nSPS) is 28.8. The molecule has 5 rings (SSSR count). The second-order valence-corrected chi connectivity index (χ2v) is 13.9. The Labute approximate surface area is 256 Å². The van der Waals surface area contributed by atoms with Gasteiger partial charge in [-0.05, 0) is 73.8 Å². The van der Waals surface area contributed by atoms with Gasteiger partial charge in [-0.3, -0.25) is 14.4 Å². The molecule has 10 heteroatoms. The molecule has 2 fully saturated rings. The highest BCUT2D eigenvalue weighted by atomic mass is 35.5. The van der Waals surface area contributed by atoms with E-state index in [1.807, 2.05) is 13.0 Å². The zero-order valence-corrected chi connectivity index (χ0v) is 26.0. The van der Waals surface area contributed by atoms with E-state index in [0.29, 0.717) is 54.9 Å². The van der Waals surface area contributed by atoms with Gasteiger partial charge in [0, 0.05) is 41.2 Å². The third kappa shape index (κ3) is 5.53. The molecule has 0 unspecified atom stereocenters. The van der Waals surface area contributed by atoms with E-state index in [0.717, 1.165) is 0 Å². The molecule has 1 saturated carbocycles. The molecule has 0 radical (unpaired) electrons. The summed E-state index contributed by atoms with van der Waals surface area (Å²) in [6.45, 7) is 8.72. The molecule has 3 aliphatic rings. The van der Waals surface area contributed by atoms with Gasteiger partial charge in [-0.15, -0.1) is 0 Å². The summed E-state index contributed by atoms with van der Waals surface area (Å²) < 4.78 is 15.9. The molecule has 4 atom stereocenters. The highest BCUT2D eigenvalue weighted by Gasteiger charge is 2.66. The van der Waals surface area contributed by atoms with Gasteiger partial charge in [0.25, 0.3) is 0 Å². The molecule has 2 aromatic carbocycles. The fourth-order valence-electron chi connectivity index (χ4n) is 7.26. The van der Waals surface area contributed by atoms with E-state index in [4.69, 9.17) is 23.2 Å². The Morgan fingerprint density at radius 3 is 2.45 bits per heavy atom. The summed E-state index contributed by atoms with van der Waals surface area (Å²) in [5.74, 6) is -2.15. The zero-order valence-electron chi connectivity index (χ0n) is 24.5. The lowest BCUT2D eigenvalue weighted by Gasteiger charge is -2.38. The molecule has 2 aliphatic heterocycles. The summed E-state index contributed by atoms with van der Waals surface area (Å²) in [5, 5.41) is 13.0. The van der Waals surface area contributed by atoms with Crippen LogP contribution in [-0.2, 0) is 19.8 Å². The number of nitrogens with one attached hydrogen (secondary N) is 4. The molecular weight excluding hydrogens is 578 g/mol. The average Bonchev–Trinajstić information content (AvgIpc) is 3.39. The summed E-state index contributed by atoms with van der Waals surface area (Å²) in [7, 11) is 0. The van der Waals surface area contributed by atoms with Gasteiger partial charge in [0.1, 0.15) is 11.2 Å². The number of hydrogen-bond donors (Lipinski definition) is 4. The minimum atomic E-state index is -1.30. The van der Waals surface area contributed by atoms with Crippen LogP contribution in [0.5, 0.6) is 0 Å². The monoisotopic (exact) mass is 616 g/mol. The maximum Gasteiger partial charge on any atom is 0.238 e. The van der Waals surface area contributed by atoms with Crippen LogP contribution in [0, 0.1) is 17.2 Å². The van der Waals surface area contributed by atoms with Crippen molar-refractivity contribution in [3.63, 3.8) is 0 Å². The Balaban J connectivity index is 1.56. The van der Waals surface area contributed by atoms with Crippen molar-refractivity contribution in [1.82, 2.24) is 16.0 Å². The average molecular weight is 618 g/mol. The van der Waals surface area contributed by atoms with Gasteiger partial charge in [0.2, 0.25) is 17.7 Å². The SMILES string of the molecule is CCNC(=O)C1CCC(NC(=O)[C@@H]2N[C@H](CC(C)(C)C)[C@]3(C(=O)Nc4cc(Cl)ccc43)[C@H]2c2cccc(Cl)c2F)CC1. The van der Waals surface area contributed by atoms with Crippen molar-refractivity contribution >= 4 is 46.6 Å². The van der Waals surface area contributed by atoms with Crippen molar-refractivity contribution in [2.45, 2.75) is 89.3 Å². The first-order valence-electron chi connectivity index (χ1n) is 14.8. The van der Waals surface area contributed by atoms with Crippen molar-refractivity contribution in [1.29, 1.82) is 0 Å². The lowest BCUT2D eigenvalue weighted by molar-refractivity contribution is -0.126. The molecule has 2 aromatic rings. The summed E-state index contributed by atoms with van der Waals surface area (Å²) in [4.78, 5) is 40.7. The third-order valence-electron chi connectivity index (χ3n) is 9.02. The van der Waals surface area contributed by atoms with E-state index < -0.39 is 29.2 Å². The Bertz CT molecular complexity index is 1390. The number of hydrogen-bond acceptors (Lipinski definition) is 4. The summed E-state index contributed by atoms with van der Waals surface area (Å²) >= 11 is 12.6. The standard InChI is InChI=1S/C32H39Cl2FN4O3/c1-5-36-28(40)17-9-12-19(13-10-17)37-29(41)27-25(20-7-6-8-22(34)26(20)35)32(24(39-27)16-31(2,3)4)21-14-11-18(33)15-23(21)38-30(32)42/h6-8,11,14-15,17,19,24-25,27,39H,5,9-10,12-13,16H2,1-4H3,(H,36,40)(H,37,41)(H,38,42)/t17?,19?,24-,25+,27-,32+/m1/s1. The van der Waals surface area contributed by atoms with Crippen LogP contribution < -0.4 is 21.3 Å². The topological polar surface area (TPSA) is 99.3 Å². The lowest BCUT2D eigenvalue weighted by Crippen LogP contribution is -2.50. The number of anilines is 1. The van der Waals surface area contributed by atoms with Crippen LogP contribution in [0.15, 0.2) is 36.4 Å². The van der Waals surface area contributed by atoms with Crippen molar-refractivity contribution in [2.75, 3.05) is 11.9 Å². The highest BCUT2D eigenvalue weighted by Crippen LogP contribution is 2.57. The molecule has 4 N–H and O–H groups in total. The molecular formula is C32H39Cl2FN4O3. The minimum Gasteiger partial charge on any atom is -0.356 e. The van der Waals surface area contributed by atoms with Gasteiger partial charge in [-0.2, -0.15) is 0 Å². The van der Waals surface area contributed by atoms with Gasteiger partial charge in [0.15, 0.2) is 0 Å². The molecule has 7 nitrogen and oxygen atoms in total. The molecule has 42 heavy (non-hydrogen) atoms. The minimum absolute atomic E-state index is 0.0502. The Kier molecular flexibility index (Phi) is 8.63. The van der Waals surface area contributed by atoms with E-state index in [2.05, 4.69) is 42.0 Å². The summed E-state index contributed by atoms with van der Waals surface area (Å²) in [6, 6.07) is 8.43. The summed E-state index contributed by atoms with van der Waals surface area (Å²) in [6.07, 6.45) is 3.22. The van der Waals surface area contributed by atoms with Crippen molar-refractivity contribution < 1.29 is 18.8 Å². The first-order valence-corrected chi connectivity index (χ1v) is 15.5. The van der Waals surface area contributed by atoms with Crippen LogP contribution in [0.1, 0.15) is 76.8 Å². The number of benzene rings is 2. The van der Waals surface area contributed by atoms with Crippen LogP contribution in [0.25, 0.3) is 0 Å². The fourth-order valence-corrected chi connectivity index (χ4v) is 7.62. The second kappa shape index (κ2) is 11.8. The van der Waals surface area contributed by atoms with E-state index in [9.17, 15) is 14.4 Å². The van der Waals surface area contributed by atoms with E-state index in [-0.39, 0.29) is 45.7 Å². The van der Waals surface area contributed by atoms with Crippen molar-refractivity contribution in [3.05, 3.63) is 63.4 Å². The van der Waals surface area contributed by atoms with Crippen LogP contribution in [0.2, 0.25) is 10.0 Å². The number of rotatable bonds is 6. The van der Waals surface area contributed by atoms with Gasteiger partial charge in [-0.25, -0.2) is 4.39 Å². The predicted molar refractivity (Wildman–Crippen MR) is 163 cm³/mol. The third-order valence-corrected chi connectivity index (χ3v) is 9.54. The lowest BCUT2D eigenvalue weighted by atomic mass is 9.62. The van der Waals surface area contributed by atoms with E-state index in [1.54, 1.807) is 24.3 Å². The Morgan fingerprint density at radius 2 is 1.79 bits per heavy atom. The predicted octanol–water partition coefficient (Wildman–Crippen LogP) is 5.69. The van der Waals surface area contributed by atoms with Crippen LogP contribution in [-0.4, -0.2) is 42.4 Å². The van der Waals surface area contributed by atoms with Gasteiger partial charge in [0.05, 0.1) is 11.1 Å². The van der Waals surface area contributed by atoms with Crippen molar-refractivity contribution in [2.24, 2.45) is 11.3 Å². The van der Waals surface area contributed by atoms with E-state index in [1.165, 1.54) is 6.07 Å². The maximum absolute atomic E-state index is 15.9. The fraction of sp³-hybridized carbons (Fsp3) is 0.531. The van der Waals surface area contributed by atoms with Gasteiger partial charge >= 0.3 is 0 Å². The number of fused-ring (bicyclic) bond motifs is 2. The Morgan fingerprint density at radius 1 is 1.07 bits per heavy atom. The number of halogens is 3. The molecule has 3 amide bonds. The maximum atomic E-state index is 15.9. The first-order chi connectivity index (χ1) is 19.9. The summed E-state index contributed by atoms with van der Waals surface area (Å²) in [5.41, 5.74) is -0.0626. The highest BCUT2D eigenvalue weighted by molar-refractivity contribution is 6.31. The number of amides is 3. The smallest absolute Gasteiger partial charge is 0.238 e. The van der Waals surface area contributed by atoms with Crippen LogP contribution in [0.3, 0.4) is 0 Å². The Hall–Kier alpha value is -2.68. The van der Waals surface area contributed by atoms with Gasteiger partial charge < -0.3 is 21.3 Å².